The number of anilines is 1. The van der Waals surface area contributed by atoms with Crippen molar-refractivity contribution in [2.45, 2.75) is 26.3 Å². The van der Waals surface area contributed by atoms with E-state index >= 15 is 0 Å². The number of hydrogen-bond donors (Lipinski definition) is 1. The number of aromatic nitrogens is 1. The fourth-order valence-corrected chi connectivity index (χ4v) is 3.66. The number of benzene rings is 2. The molecule has 0 saturated carbocycles. The molecule has 1 aromatic heterocycles. The monoisotopic (exact) mass is 435 g/mol. The SMILES string of the molecule is Cc1ccc2c(c1)N(CCCC(=O)NCc1ccccc1Cl)C(=O)c1cccnc1O2. The maximum Gasteiger partial charge on any atom is 0.263 e. The van der Waals surface area contributed by atoms with Gasteiger partial charge in [-0.15, -0.1) is 0 Å². The maximum absolute atomic E-state index is 13.2. The molecule has 2 aromatic carbocycles. The smallest absolute Gasteiger partial charge is 0.263 e. The normalized spacial score (nSPS) is 12.5. The number of carbonyl (C=O) groups is 2. The van der Waals surface area contributed by atoms with Crippen molar-refractivity contribution in [1.29, 1.82) is 0 Å². The largest absolute Gasteiger partial charge is 0.436 e. The van der Waals surface area contributed by atoms with E-state index in [-0.39, 0.29) is 24.1 Å². The maximum atomic E-state index is 13.2. The molecule has 3 aromatic rings. The molecule has 2 amide bonds. The van der Waals surface area contributed by atoms with Gasteiger partial charge in [0.15, 0.2) is 5.75 Å². The van der Waals surface area contributed by atoms with Crippen molar-refractivity contribution in [3.63, 3.8) is 0 Å². The number of halogens is 1. The van der Waals surface area contributed by atoms with Gasteiger partial charge in [0.1, 0.15) is 5.56 Å². The Labute approximate surface area is 185 Å². The molecule has 0 unspecified atom stereocenters. The Bertz CT molecular complexity index is 1130. The molecular formula is C24H22ClN3O3. The standard InChI is InChI=1S/C24H22ClN3O3/c1-16-10-11-21-20(14-16)28(24(30)18-7-4-12-26-23(18)31-21)13-5-9-22(29)27-15-17-6-2-3-8-19(17)25/h2-4,6-8,10-12,14H,5,9,13,15H2,1H3,(H,27,29). The summed E-state index contributed by atoms with van der Waals surface area (Å²) < 4.78 is 5.92. The predicted octanol–water partition coefficient (Wildman–Crippen LogP) is 4.89. The molecule has 0 aliphatic carbocycles. The Hall–Kier alpha value is -3.38. The molecule has 1 aliphatic heterocycles. The third-order valence-electron chi connectivity index (χ3n) is 5.08. The van der Waals surface area contributed by atoms with Crippen molar-refractivity contribution in [1.82, 2.24) is 10.3 Å². The number of hydrogen-bond acceptors (Lipinski definition) is 4. The average Bonchev–Trinajstić information content (AvgIpc) is 2.88. The number of rotatable bonds is 6. The number of nitrogens with zero attached hydrogens (tertiary/aromatic N) is 2. The highest BCUT2D eigenvalue weighted by atomic mass is 35.5. The molecule has 0 saturated heterocycles. The molecule has 1 aliphatic rings. The molecule has 6 nitrogen and oxygen atoms in total. The first-order valence-corrected chi connectivity index (χ1v) is 10.5. The summed E-state index contributed by atoms with van der Waals surface area (Å²) in [5.41, 5.74) is 2.96. The van der Waals surface area contributed by atoms with Crippen LogP contribution in [0.2, 0.25) is 5.02 Å². The zero-order valence-electron chi connectivity index (χ0n) is 17.1. The van der Waals surface area contributed by atoms with Crippen molar-refractivity contribution < 1.29 is 14.3 Å². The van der Waals surface area contributed by atoms with E-state index in [0.29, 0.717) is 41.5 Å². The molecule has 0 spiro atoms. The van der Waals surface area contributed by atoms with E-state index in [4.69, 9.17) is 16.3 Å². The number of amides is 2. The Kier molecular flexibility index (Phi) is 6.18. The summed E-state index contributed by atoms with van der Waals surface area (Å²) in [6.45, 7) is 2.71. The first kappa shape index (κ1) is 20.9. The molecule has 0 atom stereocenters. The molecule has 7 heteroatoms. The van der Waals surface area contributed by atoms with Crippen LogP contribution in [-0.2, 0) is 11.3 Å². The lowest BCUT2D eigenvalue weighted by Crippen LogP contribution is -2.32. The highest BCUT2D eigenvalue weighted by molar-refractivity contribution is 6.31. The van der Waals surface area contributed by atoms with Crippen molar-refractivity contribution in [2.75, 3.05) is 11.4 Å². The van der Waals surface area contributed by atoms with Gasteiger partial charge in [0.2, 0.25) is 11.8 Å². The summed E-state index contributed by atoms with van der Waals surface area (Å²) in [5, 5.41) is 3.51. The first-order chi connectivity index (χ1) is 15.0. The number of pyridine rings is 1. The van der Waals surface area contributed by atoms with E-state index < -0.39 is 0 Å². The van der Waals surface area contributed by atoms with Crippen LogP contribution in [0.15, 0.2) is 60.8 Å². The van der Waals surface area contributed by atoms with Crippen LogP contribution in [0, 0.1) is 6.92 Å². The van der Waals surface area contributed by atoms with Crippen LogP contribution in [0.4, 0.5) is 5.69 Å². The van der Waals surface area contributed by atoms with Gasteiger partial charge in [-0.3, -0.25) is 9.59 Å². The highest BCUT2D eigenvalue weighted by Crippen LogP contribution is 2.38. The lowest BCUT2D eigenvalue weighted by atomic mass is 10.1. The highest BCUT2D eigenvalue weighted by Gasteiger charge is 2.28. The van der Waals surface area contributed by atoms with Crippen molar-refractivity contribution >= 4 is 29.1 Å². The third-order valence-corrected chi connectivity index (χ3v) is 5.45. The van der Waals surface area contributed by atoms with Crippen molar-refractivity contribution in [3.8, 4) is 11.6 Å². The first-order valence-electron chi connectivity index (χ1n) is 10.1. The summed E-state index contributed by atoms with van der Waals surface area (Å²) in [4.78, 5) is 31.4. The lowest BCUT2D eigenvalue weighted by molar-refractivity contribution is -0.121. The van der Waals surface area contributed by atoms with Crippen LogP contribution in [0.5, 0.6) is 11.6 Å². The number of fused-ring (bicyclic) bond motifs is 2. The van der Waals surface area contributed by atoms with Crippen molar-refractivity contribution in [3.05, 3.63) is 82.5 Å². The number of carbonyl (C=O) groups excluding carboxylic acids is 2. The van der Waals surface area contributed by atoms with Gasteiger partial charge >= 0.3 is 0 Å². The van der Waals surface area contributed by atoms with E-state index in [9.17, 15) is 9.59 Å². The van der Waals surface area contributed by atoms with Crippen LogP contribution < -0.4 is 15.0 Å². The topological polar surface area (TPSA) is 71.5 Å². The summed E-state index contributed by atoms with van der Waals surface area (Å²) >= 11 is 6.13. The van der Waals surface area contributed by atoms with Gasteiger partial charge in [0.05, 0.1) is 5.69 Å². The van der Waals surface area contributed by atoms with Gasteiger partial charge in [-0.25, -0.2) is 4.98 Å². The predicted molar refractivity (Wildman–Crippen MR) is 120 cm³/mol. The molecule has 0 bridgehead atoms. The minimum atomic E-state index is -0.191. The van der Waals surface area contributed by atoms with Crippen LogP contribution in [0.1, 0.15) is 34.3 Å². The Balaban J connectivity index is 1.44. The number of aryl methyl sites for hydroxylation is 1. The summed E-state index contributed by atoms with van der Waals surface area (Å²) in [5.74, 6) is 0.575. The van der Waals surface area contributed by atoms with Gasteiger partial charge in [-0.1, -0.05) is 35.9 Å². The molecular weight excluding hydrogens is 414 g/mol. The molecule has 1 N–H and O–H groups in total. The summed E-state index contributed by atoms with van der Waals surface area (Å²) in [6, 6.07) is 16.5. The molecule has 2 heterocycles. The molecule has 31 heavy (non-hydrogen) atoms. The second kappa shape index (κ2) is 9.18. The van der Waals surface area contributed by atoms with Gasteiger partial charge < -0.3 is 15.0 Å². The molecule has 4 rings (SSSR count). The Morgan fingerprint density at radius 3 is 2.84 bits per heavy atom. The van der Waals surface area contributed by atoms with Gasteiger partial charge in [-0.2, -0.15) is 0 Å². The fourth-order valence-electron chi connectivity index (χ4n) is 3.46. The van der Waals surface area contributed by atoms with E-state index in [2.05, 4.69) is 10.3 Å². The minimum absolute atomic E-state index is 0.0926. The van der Waals surface area contributed by atoms with Gasteiger partial charge in [0, 0.05) is 30.7 Å². The van der Waals surface area contributed by atoms with E-state index in [1.54, 1.807) is 29.3 Å². The van der Waals surface area contributed by atoms with Crippen LogP contribution in [0.25, 0.3) is 0 Å². The second-order valence-electron chi connectivity index (χ2n) is 7.36. The molecule has 0 fully saturated rings. The van der Waals surface area contributed by atoms with Crippen LogP contribution >= 0.6 is 11.6 Å². The summed E-state index contributed by atoms with van der Waals surface area (Å²) in [7, 11) is 0. The zero-order valence-corrected chi connectivity index (χ0v) is 17.9. The number of ether oxygens (including phenoxy) is 1. The Morgan fingerprint density at radius 2 is 2.00 bits per heavy atom. The lowest BCUT2D eigenvalue weighted by Gasteiger charge is -2.22. The minimum Gasteiger partial charge on any atom is -0.436 e. The third kappa shape index (κ3) is 4.70. The zero-order chi connectivity index (χ0) is 21.8. The fraction of sp³-hybridized carbons (Fsp3) is 0.208. The van der Waals surface area contributed by atoms with E-state index in [1.165, 1.54) is 0 Å². The Morgan fingerprint density at radius 1 is 1.16 bits per heavy atom. The van der Waals surface area contributed by atoms with E-state index in [1.807, 2.05) is 43.3 Å². The molecule has 0 radical (unpaired) electrons. The second-order valence-corrected chi connectivity index (χ2v) is 7.77. The molecule has 158 valence electrons. The van der Waals surface area contributed by atoms with Crippen molar-refractivity contribution in [2.24, 2.45) is 0 Å². The summed E-state index contributed by atoms with van der Waals surface area (Å²) in [6.07, 6.45) is 2.39. The van der Waals surface area contributed by atoms with Gasteiger partial charge in [0.25, 0.3) is 5.91 Å². The van der Waals surface area contributed by atoms with E-state index in [0.717, 1.165) is 11.1 Å². The van der Waals surface area contributed by atoms with Gasteiger partial charge in [-0.05, 0) is 54.8 Å². The number of nitrogens with one attached hydrogen (secondary N) is 1. The quantitative estimate of drug-likeness (QED) is 0.598. The average molecular weight is 436 g/mol. The van der Waals surface area contributed by atoms with Crippen LogP contribution in [-0.4, -0.2) is 23.3 Å². The van der Waals surface area contributed by atoms with Crippen LogP contribution in [0.3, 0.4) is 0 Å².